The highest BCUT2D eigenvalue weighted by Crippen LogP contribution is 2.33. The Bertz CT molecular complexity index is 481. The Morgan fingerprint density at radius 1 is 1.27 bits per heavy atom. The van der Waals surface area contributed by atoms with Gasteiger partial charge in [-0.3, -0.25) is 0 Å². The van der Waals surface area contributed by atoms with Crippen LogP contribution in [0.2, 0.25) is 0 Å². The van der Waals surface area contributed by atoms with Crippen molar-refractivity contribution < 1.29 is 4.52 Å². The average Bonchev–Trinajstić information content (AvgIpc) is 2.70. The number of nitrogens with zero attached hydrogens (tertiary/aromatic N) is 1. The summed E-state index contributed by atoms with van der Waals surface area (Å²) in [4.78, 5) is 0. The van der Waals surface area contributed by atoms with Crippen LogP contribution in [0.3, 0.4) is 0 Å². The summed E-state index contributed by atoms with van der Waals surface area (Å²) in [6.45, 7) is 0. The molecule has 0 aliphatic rings. The molecular formula is C10H6Br3NO. The van der Waals surface area contributed by atoms with E-state index in [1.54, 1.807) is 0 Å². The van der Waals surface area contributed by atoms with Crippen molar-refractivity contribution in [2.45, 2.75) is 5.33 Å². The van der Waals surface area contributed by atoms with Gasteiger partial charge < -0.3 is 4.52 Å². The van der Waals surface area contributed by atoms with Crippen LogP contribution in [0.1, 0.15) is 5.76 Å². The third-order valence-corrected chi connectivity index (χ3v) is 4.52. The standard InChI is InChI=1S/C10H6Br3NO/c11-5-6-4-9(14-15-6)7-2-1-3-8(12)10(7)13/h1-4H,5H2. The van der Waals surface area contributed by atoms with Gasteiger partial charge in [0.2, 0.25) is 0 Å². The first-order chi connectivity index (χ1) is 7.22. The normalized spacial score (nSPS) is 10.6. The van der Waals surface area contributed by atoms with Crippen LogP contribution in [0.5, 0.6) is 0 Å². The fourth-order valence-corrected chi connectivity index (χ4v) is 2.30. The van der Waals surface area contributed by atoms with Gasteiger partial charge >= 0.3 is 0 Å². The van der Waals surface area contributed by atoms with E-state index in [2.05, 4.69) is 52.9 Å². The minimum Gasteiger partial charge on any atom is -0.360 e. The fraction of sp³-hybridized carbons (Fsp3) is 0.100. The van der Waals surface area contributed by atoms with Crippen molar-refractivity contribution >= 4 is 47.8 Å². The lowest BCUT2D eigenvalue weighted by molar-refractivity contribution is 0.398. The van der Waals surface area contributed by atoms with Gasteiger partial charge in [-0.1, -0.05) is 33.2 Å². The van der Waals surface area contributed by atoms with Crippen LogP contribution in [0.4, 0.5) is 0 Å². The Morgan fingerprint density at radius 2 is 2.07 bits per heavy atom. The third kappa shape index (κ3) is 2.34. The minimum absolute atomic E-state index is 0.672. The Hall–Kier alpha value is -0.130. The van der Waals surface area contributed by atoms with Gasteiger partial charge in [-0.15, -0.1) is 0 Å². The molecular weight excluding hydrogens is 390 g/mol. The molecule has 78 valence electrons. The summed E-state index contributed by atoms with van der Waals surface area (Å²) < 4.78 is 7.12. The van der Waals surface area contributed by atoms with Crippen LogP contribution in [0.25, 0.3) is 11.3 Å². The lowest BCUT2D eigenvalue weighted by Gasteiger charge is -2.01. The zero-order valence-corrected chi connectivity index (χ0v) is 12.3. The summed E-state index contributed by atoms with van der Waals surface area (Å²) in [5, 5.41) is 4.68. The van der Waals surface area contributed by atoms with E-state index in [0.29, 0.717) is 5.33 Å². The molecule has 0 N–H and O–H groups in total. The topological polar surface area (TPSA) is 26.0 Å². The minimum atomic E-state index is 0.672. The first kappa shape index (κ1) is 11.4. The molecule has 0 amide bonds. The summed E-state index contributed by atoms with van der Waals surface area (Å²) in [7, 11) is 0. The van der Waals surface area contributed by atoms with Gasteiger partial charge in [-0.2, -0.15) is 0 Å². The molecule has 0 saturated carbocycles. The largest absolute Gasteiger partial charge is 0.360 e. The van der Waals surface area contributed by atoms with Gasteiger partial charge in [0.15, 0.2) is 0 Å². The number of rotatable bonds is 2. The van der Waals surface area contributed by atoms with E-state index in [4.69, 9.17) is 4.52 Å². The van der Waals surface area contributed by atoms with E-state index >= 15 is 0 Å². The quantitative estimate of drug-likeness (QED) is 0.685. The van der Waals surface area contributed by atoms with Gasteiger partial charge in [0.05, 0.1) is 5.33 Å². The van der Waals surface area contributed by atoms with Gasteiger partial charge in [0.25, 0.3) is 0 Å². The third-order valence-electron chi connectivity index (χ3n) is 1.92. The molecule has 0 unspecified atom stereocenters. The van der Waals surface area contributed by atoms with E-state index < -0.39 is 0 Å². The molecule has 0 radical (unpaired) electrons. The molecule has 0 saturated heterocycles. The van der Waals surface area contributed by atoms with Crippen molar-refractivity contribution in [3.8, 4) is 11.3 Å². The summed E-state index contributed by atoms with van der Waals surface area (Å²) >= 11 is 10.3. The molecule has 2 nitrogen and oxygen atoms in total. The lowest BCUT2D eigenvalue weighted by atomic mass is 10.1. The van der Waals surface area contributed by atoms with E-state index in [9.17, 15) is 0 Å². The zero-order valence-electron chi connectivity index (χ0n) is 7.51. The number of hydrogen-bond acceptors (Lipinski definition) is 2. The molecule has 0 spiro atoms. The van der Waals surface area contributed by atoms with Gasteiger partial charge in [-0.05, 0) is 37.9 Å². The maximum absolute atomic E-state index is 5.13. The van der Waals surface area contributed by atoms with Crippen molar-refractivity contribution in [1.29, 1.82) is 0 Å². The van der Waals surface area contributed by atoms with E-state index in [1.807, 2.05) is 24.3 Å². The number of hydrogen-bond donors (Lipinski definition) is 0. The first-order valence-corrected chi connectivity index (χ1v) is 6.89. The molecule has 2 rings (SSSR count). The molecule has 1 aromatic heterocycles. The van der Waals surface area contributed by atoms with Gasteiger partial charge in [0.1, 0.15) is 11.5 Å². The van der Waals surface area contributed by atoms with Crippen molar-refractivity contribution in [1.82, 2.24) is 5.16 Å². The second kappa shape index (κ2) is 4.80. The molecule has 0 fully saturated rings. The smallest absolute Gasteiger partial charge is 0.147 e. The number of benzene rings is 1. The van der Waals surface area contributed by atoms with E-state index in [-0.39, 0.29) is 0 Å². The summed E-state index contributed by atoms with van der Waals surface area (Å²) in [6.07, 6.45) is 0. The molecule has 5 heteroatoms. The van der Waals surface area contributed by atoms with E-state index in [1.165, 1.54) is 0 Å². The van der Waals surface area contributed by atoms with Crippen molar-refractivity contribution in [2.75, 3.05) is 0 Å². The summed E-state index contributed by atoms with van der Waals surface area (Å²) in [5.74, 6) is 0.817. The van der Waals surface area contributed by atoms with Crippen molar-refractivity contribution in [2.24, 2.45) is 0 Å². The second-order valence-corrected chi connectivity index (χ2v) is 5.12. The van der Waals surface area contributed by atoms with E-state index in [0.717, 1.165) is 26.0 Å². The molecule has 0 aliphatic carbocycles. The predicted octanol–water partition coefficient (Wildman–Crippen LogP) is 4.76. The maximum atomic E-state index is 5.13. The number of alkyl halides is 1. The number of aromatic nitrogens is 1. The number of halogens is 3. The highest BCUT2D eigenvalue weighted by molar-refractivity contribution is 9.13. The molecule has 1 heterocycles. The average molecular weight is 396 g/mol. The maximum Gasteiger partial charge on any atom is 0.147 e. The zero-order chi connectivity index (χ0) is 10.8. The first-order valence-electron chi connectivity index (χ1n) is 4.18. The SMILES string of the molecule is BrCc1cc(-c2cccc(Br)c2Br)no1. The Balaban J connectivity index is 2.49. The molecule has 0 atom stereocenters. The Kier molecular flexibility index (Phi) is 3.64. The van der Waals surface area contributed by atoms with Gasteiger partial charge in [-0.25, -0.2) is 0 Å². The monoisotopic (exact) mass is 393 g/mol. The Labute approximate surface area is 112 Å². The molecule has 1 aromatic carbocycles. The molecule has 0 aliphatic heterocycles. The van der Waals surface area contributed by atoms with Crippen molar-refractivity contribution in [3.05, 3.63) is 39.0 Å². The molecule has 15 heavy (non-hydrogen) atoms. The summed E-state index contributed by atoms with van der Waals surface area (Å²) in [5.41, 5.74) is 1.85. The fourth-order valence-electron chi connectivity index (χ4n) is 1.20. The van der Waals surface area contributed by atoms with Crippen LogP contribution < -0.4 is 0 Å². The molecule has 2 aromatic rings. The van der Waals surface area contributed by atoms with Crippen LogP contribution in [-0.2, 0) is 5.33 Å². The van der Waals surface area contributed by atoms with Crippen LogP contribution in [-0.4, -0.2) is 5.16 Å². The van der Waals surface area contributed by atoms with Crippen LogP contribution in [0, 0.1) is 0 Å². The highest BCUT2D eigenvalue weighted by atomic mass is 79.9. The Morgan fingerprint density at radius 3 is 2.73 bits per heavy atom. The molecule has 0 bridgehead atoms. The lowest BCUT2D eigenvalue weighted by Crippen LogP contribution is -1.80. The van der Waals surface area contributed by atoms with Crippen LogP contribution in [0.15, 0.2) is 37.7 Å². The second-order valence-electron chi connectivity index (χ2n) is 2.91. The van der Waals surface area contributed by atoms with Crippen LogP contribution >= 0.6 is 47.8 Å². The van der Waals surface area contributed by atoms with Gasteiger partial charge in [0, 0.05) is 20.6 Å². The predicted molar refractivity (Wildman–Crippen MR) is 70.0 cm³/mol. The van der Waals surface area contributed by atoms with Crippen molar-refractivity contribution in [3.63, 3.8) is 0 Å². The highest BCUT2D eigenvalue weighted by Gasteiger charge is 2.10. The summed E-state index contributed by atoms with van der Waals surface area (Å²) in [6, 6.07) is 7.84.